The summed E-state index contributed by atoms with van der Waals surface area (Å²) < 4.78 is 5.76. The lowest BCUT2D eigenvalue weighted by molar-refractivity contribution is -0.127. The normalized spacial score (nSPS) is 15.4. The van der Waals surface area contributed by atoms with E-state index in [1.54, 1.807) is 18.8 Å². The third-order valence-corrected chi connectivity index (χ3v) is 5.18. The number of nitrogens with zero attached hydrogens (tertiary/aromatic N) is 1. The lowest BCUT2D eigenvalue weighted by atomic mass is 10.1. The van der Waals surface area contributed by atoms with Crippen LogP contribution in [0.3, 0.4) is 0 Å². The Morgan fingerprint density at radius 1 is 1.15 bits per heavy atom. The van der Waals surface area contributed by atoms with Crippen LogP contribution in [0.1, 0.15) is 0 Å². The molecule has 1 aliphatic heterocycles. The summed E-state index contributed by atoms with van der Waals surface area (Å²) in [6, 6.07) is 17.5. The van der Waals surface area contributed by atoms with Gasteiger partial charge < -0.3 is 20.3 Å². The van der Waals surface area contributed by atoms with E-state index in [1.807, 2.05) is 47.4 Å². The van der Waals surface area contributed by atoms with Crippen molar-refractivity contribution in [1.29, 1.82) is 0 Å². The smallest absolute Gasteiger partial charge is 0.262 e. The molecule has 2 aromatic carbocycles. The van der Waals surface area contributed by atoms with Crippen molar-refractivity contribution in [3.05, 3.63) is 54.6 Å². The fraction of sp³-hybridized carbons (Fsp3) is 0.300. The number of thioether (sulfide) groups is 1. The quantitative estimate of drug-likeness (QED) is 0.563. The number of amides is 2. The van der Waals surface area contributed by atoms with Crippen molar-refractivity contribution in [1.82, 2.24) is 10.6 Å². The molecule has 0 aromatic heterocycles. The Bertz CT molecular complexity index is 785. The molecule has 2 aromatic rings. The minimum atomic E-state index is -0.633. The SMILES string of the molecule is CNC(=O)[C@@H]1CN(CC(=O)NCCSc2ccccc2)c2ccccc2O1. The number of likely N-dealkylation sites (N-methyl/N-ethyl adjacent to an activating group) is 1. The molecule has 1 aliphatic rings. The molecule has 2 amide bonds. The number of hydrogen-bond donors (Lipinski definition) is 2. The Balaban J connectivity index is 1.53. The molecule has 0 radical (unpaired) electrons. The molecule has 1 atom stereocenters. The lowest BCUT2D eigenvalue weighted by Gasteiger charge is -2.34. The van der Waals surface area contributed by atoms with Crippen LogP contribution in [0.25, 0.3) is 0 Å². The van der Waals surface area contributed by atoms with Crippen molar-refractivity contribution in [3.63, 3.8) is 0 Å². The van der Waals surface area contributed by atoms with Gasteiger partial charge in [-0.1, -0.05) is 30.3 Å². The maximum atomic E-state index is 12.4. The van der Waals surface area contributed by atoms with Gasteiger partial charge in [-0.15, -0.1) is 11.8 Å². The van der Waals surface area contributed by atoms with E-state index in [2.05, 4.69) is 22.8 Å². The first-order valence-corrected chi connectivity index (χ1v) is 9.82. The third kappa shape index (κ3) is 5.17. The number of ether oxygens (including phenoxy) is 1. The van der Waals surface area contributed by atoms with Crippen LogP contribution in [0.15, 0.2) is 59.5 Å². The zero-order valence-electron chi connectivity index (χ0n) is 15.2. The van der Waals surface area contributed by atoms with Crippen LogP contribution in [0.2, 0.25) is 0 Å². The number of rotatable bonds is 7. The van der Waals surface area contributed by atoms with Crippen LogP contribution in [0.5, 0.6) is 5.75 Å². The van der Waals surface area contributed by atoms with Gasteiger partial charge >= 0.3 is 0 Å². The maximum Gasteiger partial charge on any atom is 0.262 e. The monoisotopic (exact) mass is 385 g/mol. The molecule has 142 valence electrons. The summed E-state index contributed by atoms with van der Waals surface area (Å²) in [6.07, 6.45) is -0.633. The van der Waals surface area contributed by atoms with Gasteiger partial charge in [0, 0.05) is 24.2 Å². The number of fused-ring (bicyclic) bond motifs is 1. The van der Waals surface area contributed by atoms with Gasteiger partial charge in [0.15, 0.2) is 6.10 Å². The van der Waals surface area contributed by atoms with Crippen LogP contribution in [-0.4, -0.2) is 50.4 Å². The van der Waals surface area contributed by atoms with Gasteiger partial charge in [0.1, 0.15) is 5.75 Å². The number of anilines is 1. The Labute approximate surface area is 163 Å². The highest BCUT2D eigenvalue weighted by atomic mass is 32.2. The number of carbonyl (C=O) groups is 2. The Morgan fingerprint density at radius 2 is 1.89 bits per heavy atom. The molecule has 0 spiro atoms. The van der Waals surface area contributed by atoms with Crippen molar-refractivity contribution in [2.45, 2.75) is 11.0 Å². The molecule has 0 fully saturated rings. The first-order valence-electron chi connectivity index (χ1n) is 8.84. The number of carbonyl (C=O) groups excluding carboxylic acids is 2. The van der Waals surface area contributed by atoms with E-state index < -0.39 is 6.10 Å². The predicted molar refractivity (Wildman–Crippen MR) is 107 cm³/mol. The van der Waals surface area contributed by atoms with Crippen LogP contribution in [0.4, 0.5) is 5.69 Å². The predicted octanol–water partition coefficient (Wildman–Crippen LogP) is 1.91. The number of benzene rings is 2. The summed E-state index contributed by atoms with van der Waals surface area (Å²) in [7, 11) is 1.58. The van der Waals surface area contributed by atoms with Crippen LogP contribution in [-0.2, 0) is 9.59 Å². The largest absolute Gasteiger partial charge is 0.477 e. The summed E-state index contributed by atoms with van der Waals surface area (Å²) in [5.41, 5.74) is 0.825. The second kappa shape index (κ2) is 9.32. The van der Waals surface area contributed by atoms with Crippen LogP contribution < -0.4 is 20.3 Å². The molecular formula is C20H23N3O3S. The van der Waals surface area contributed by atoms with Crippen LogP contribution in [0, 0.1) is 0 Å². The molecule has 0 saturated carbocycles. The van der Waals surface area contributed by atoms with Crippen molar-refractivity contribution in [2.24, 2.45) is 0 Å². The van der Waals surface area contributed by atoms with Crippen molar-refractivity contribution < 1.29 is 14.3 Å². The number of hydrogen-bond acceptors (Lipinski definition) is 5. The van der Waals surface area contributed by atoms with Crippen molar-refractivity contribution in [3.8, 4) is 5.75 Å². The standard InChI is InChI=1S/C20H23N3O3S/c1-21-20(25)18-13-23(16-9-5-6-10-17(16)26-18)14-19(24)22-11-12-27-15-7-3-2-4-8-15/h2-10,18H,11-14H2,1H3,(H,21,25)(H,22,24)/t18-/m0/s1. The summed E-state index contributed by atoms with van der Waals surface area (Å²) in [5, 5.41) is 5.55. The van der Waals surface area contributed by atoms with Gasteiger partial charge in [-0.25, -0.2) is 0 Å². The molecule has 0 bridgehead atoms. The molecule has 1 heterocycles. The highest BCUT2D eigenvalue weighted by molar-refractivity contribution is 7.99. The molecule has 0 saturated heterocycles. The van der Waals surface area contributed by atoms with Crippen molar-refractivity contribution in [2.75, 3.05) is 37.3 Å². The van der Waals surface area contributed by atoms with Crippen molar-refractivity contribution >= 4 is 29.3 Å². The fourth-order valence-corrected chi connectivity index (χ4v) is 3.65. The van der Waals surface area contributed by atoms with E-state index in [0.717, 1.165) is 11.4 Å². The Kier molecular flexibility index (Phi) is 6.59. The van der Waals surface area contributed by atoms with Gasteiger partial charge in [0.05, 0.1) is 18.8 Å². The van der Waals surface area contributed by atoms with E-state index in [0.29, 0.717) is 18.8 Å². The zero-order valence-corrected chi connectivity index (χ0v) is 16.0. The van der Waals surface area contributed by atoms with E-state index in [-0.39, 0.29) is 18.4 Å². The minimum absolute atomic E-state index is 0.0731. The fourth-order valence-electron chi connectivity index (χ4n) is 2.86. The van der Waals surface area contributed by atoms with E-state index >= 15 is 0 Å². The number of para-hydroxylation sites is 2. The Hall–Kier alpha value is -2.67. The molecule has 0 unspecified atom stereocenters. The van der Waals surface area contributed by atoms with E-state index in [4.69, 9.17) is 4.74 Å². The molecule has 3 rings (SSSR count). The topological polar surface area (TPSA) is 70.7 Å². The lowest BCUT2D eigenvalue weighted by Crippen LogP contribution is -2.50. The van der Waals surface area contributed by atoms with Gasteiger partial charge in [-0.3, -0.25) is 9.59 Å². The van der Waals surface area contributed by atoms with E-state index in [9.17, 15) is 9.59 Å². The van der Waals surface area contributed by atoms with Crippen LogP contribution >= 0.6 is 11.8 Å². The van der Waals surface area contributed by atoms with Gasteiger partial charge in [0.25, 0.3) is 5.91 Å². The highest BCUT2D eigenvalue weighted by Gasteiger charge is 2.30. The summed E-state index contributed by atoms with van der Waals surface area (Å²) in [5.74, 6) is 1.14. The first kappa shape index (κ1) is 19.1. The molecule has 0 aliphatic carbocycles. The molecule has 2 N–H and O–H groups in total. The highest BCUT2D eigenvalue weighted by Crippen LogP contribution is 2.32. The third-order valence-electron chi connectivity index (χ3n) is 4.17. The zero-order chi connectivity index (χ0) is 19.1. The second-order valence-electron chi connectivity index (χ2n) is 6.08. The summed E-state index contributed by atoms with van der Waals surface area (Å²) in [6.45, 7) is 1.11. The first-order chi connectivity index (χ1) is 13.2. The second-order valence-corrected chi connectivity index (χ2v) is 7.25. The summed E-state index contributed by atoms with van der Waals surface area (Å²) in [4.78, 5) is 27.4. The maximum absolute atomic E-state index is 12.4. The van der Waals surface area contributed by atoms with Gasteiger partial charge in [-0.2, -0.15) is 0 Å². The van der Waals surface area contributed by atoms with Gasteiger partial charge in [-0.05, 0) is 24.3 Å². The summed E-state index contributed by atoms with van der Waals surface area (Å²) >= 11 is 1.70. The molecular weight excluding hydrogens is 362 g/mol. The van der Waals surface area contributed by atoms with Gasteiger partial charge in [0.2, 0.25) is 5.91 Å². The van der Waals surface area contributed by atoms with E-state index in [1.165, 1.54) is 4.90 Å². The molecule has 27 heavy (non-hydrogen) atoms. The average molecular weight is 385 g/mol. The molecule has 7 heteroatoms. The average Bonchev–Trinajstić information content (AvgIpc) is 2.71. The molecule has 6 nitrogen and oxygen atoms in total. The Morgan fingerprint density at radius 3 is 2.67 bits per heavy atom. The number of nitrogens with one attached hydrogen (secondary N) is 2. The minimum Gasteiger partial charge on any atom is -0.477 e.